The van der Waals surface area contributed by atoms with E-state index in [-0.39, 0.29) is 0 Å². The van der Waals surface area contributed by atoms with Crippen molar-refractivity contribution >= 4 is 16.6 Å². The Balaban J connectivity index is 1.22. The lowest BCUT2D eigenvalue weighted by Gasteiger charge is -2.38. The molecule has 1 aliphatic heterocycles. The highest BCUT2D eigenvalue weighted by molar-refractivity contribution is 6.00. The van der Waals surface area contributed by atoms with E-state index in [1.165, 1.54) is 5.56 Å². The Morgan fingerprint density at radius 1 is 1.08 bits per heavy atom. The zero-order valence-electron chi connectivity index (χ0n) is 21.0. The van der Waals surface area contributed by atoms with E-state index in [2.05, 4.69) is 43.4 Å². The summed E-state index contributed by atoms with van der Waals surface area (Å²) in [7, 11) is 1.63. The first kappa shape index (κ1) is 23.4. The highest BCUT2D eigenvalue weighted by Crippen LogP contribution is 2.35. The third-order valence-electron chi connectivity index (χ3n) is 7.16. The van der Waals surface area contributed by atoms with Gasteiger partial charge in [-0.1, -0.05) is 12.1 Å². The third kappa shape index (κ3) is 4.38. The van der Waals surface area contributed by atoms with Crippen LogP contribution in [0.4, 0.5) is 0 Å². The highest BCUT2D eigenvalue weighted by Gasteiger charge is 2.33. The third-order valence-corrected chi connectivity index (χ3v) is 7.16. The van der Waals surface area contributed by atoms with Crippen LogP contribution in [0.1, 0.15) is 31.0 Å². The minimum atomic E-state index is -0.454. The van der Waals surface area contributed by atoms with Crippen LogP contribution in [0.25, 0.3) is 27.7 Å². The molecule has 0 amide bonds. The number of ether oxygens (including phenoxy) is 2. The van der Waals surface area contributed by atoms with E-state index in [0.29, 0.717) is 12.5 Å². The SMILES string of the molecule is CCOc1cc(-c2ccc(C3(N)CCN(Cc4ccc(OC)nc4)CC3)nc2)c2c3cn[nH]c3nn2c1. The molecule has 0 unspecified atom stereocenters. The van der Waals surface area contributed by atoms with E-state index in [4.69, 9.17) is 20.2 Å². The fraction of sp³-hybridized carbons (Fsp3) is 0.333. The van der Waals surface area contributed by atoms with E-state index < -0.39 is 5.54 Å². The number of hydrogen-bond donors (Lipinski definition) is 2. The highest BCUT2D eigenvalue weighted by atomic mass is 16.5. The van der Waals surface area contributed by atoms with Gasteiger partial charge < -0.3 is 15.2 Å². The number of aromatic nitrogens is 6. The monoisotopic (exact) mass is 498 g/mol. The second-order valence-electron chi connectivity index (χ2n) is 9.52. The molecule has 0 aliphatic carbocycles. The fourth-order valence-corrected chi connectivity index (χ4v) is 5.10. The summed E-state index contributed by atoms with van der Waals surface area (Å²) < 4.78 is 12.8. The Hall–Kier alpha value is -4.02. The lowest BCUT2D eigenvalue weighted by Crippen LogP contribution is -2.48. The smallest absolute Gasteiger partial charge is 0.212 e. The van der Waals surface area contributed by atoms with Crippen LogP contribution in [0.3, 0.4) is 0 Å². The summed E-state index contributed by atoms with van der Waals surface area (Å²) in [5.41, 5.74) is 12.2. The maximum absolute atomic E-state index is 6.90. The second kappa shape index (κ2) is 9.45. The van der Waals surface area contributed by atoms with Crippen molar-refractivity contribution in [3.63, 3.8) is 0 Å². The molecule has 190 valence electrons. The van der Waals surface area contributed by atoms with Crippen LogP contribution in [-0.4, -0.2) is 61.5 Å². The van der Waals surface area contributed by atoms with Crippen molar-refractivity contribution in [2.24, 2.45) is 5.73 Å². The summed E-state index contributed by atoms with van der Waals surface area (Å²) in [5.74, 6) is 1.38. The second-order valence-corrected chi connectivity index (χ2v) is 9.52. The average Bonchev–Trinajstić information content (AvgIpc) is 3.52. The Kier molecular flexibility index (Phi) is 5.97. The molecule has 1 aliphatic rings. The molecule has 10 heteroatoms. The molecule has 0 saturated carbocycles. The zero-order chi connectivity index (χ0) is 25.4. The van der Waals surface area contributed by atoms with E-state index >= 15 is 0 Å². The summed E-state index contributed by atoms with van der Waals surface area (Å²) in [5, 5.41) is 12.7. The summed E-state index contributed by atoms with van der Waals surface area (Å²) in [6.45, 7) is 5.19. The van der Waals surface area contributed by atoms with Gasteiger partial charge in [0.05, 0.1) is 48.2 Å². The van der Waals surface area contributed by atoms with Crippen LogP contribution in [0.15, 0.2) is 55.1 Å². The van der Waals surface area contributed by atoms with Gasteiger partial charge in [0.2, 0.25) is 5.88 Å². The zero-order valence-corrected chi connectivity index (χ0v) is 21.0. The Morgan fingerprint density at radius 3 is 2.65 bits per heavy atom. The van der Waals surface area contributed by atoms with Gasteiger partial charge in [0.15, 0.2) is 5.65 Å². The summed E-state index contributed by atoms with van der Waals surface area (Å²) in [6.07, 6.45) is 9.15. The van der Waals surface area contributed by atoms with Crippen LogP contribution >= 0.6 is 0 Å². The summed E-state index contributed by atoms with van der Waals surface area (Å²) >= 11 is 0. The standard InChI is InChI=1S/C27H30N8O2/c1-3-37-20-12-21(25-22-15-31-32-26(22)33-35(25)17-20)19-5-6-23(29-14-19)27(28)8-10-34(11-9-27)16-18-4-7-24(36-2)30-13-18/h4-7,12-15,17H,3,8-11,16,28H2,1-2H3,(H,32,33). The number of rotatable bonds is 7. The van der Waals surface area contributed by atoms with Gasteiger partial charge in [-0.15, -0.1) is 5.10 Å². The molecule has 0 radical (unpaired) electrons. The molecule has 0 spiro atoms. The van der Waals surface area contributed by atoms with Crippen molar-refractivity contribution in [2.45, 2.75) is 31.8 Å². The van der Waals surface area contributed by atoms with Crippen LogP contribution < -0.4 is 15.2 Å². The predicted octanol–water partition coefficient (Wildman–Crippen LogP) is 3.52. The van der Waals surface area contributed by atoms with E-state index in [9.17, 15) is 0 Å². The quantitative estimate of drug-likeness (QED) is 0.350. The number of fused-ring (bicyclic) bond motifs is 3. The van der Waals surface area contributed by atoms with Crippen LogP contribution in [0, 0.1) is 0 Å². The number of hydrogen-bond acceptors (Lipinski definition) is 8. The summed E-state index contributed by atoms with van der Waals surface area (Å²) in [6, 6.07) is 10.2. The van der Waals surface area contributed by atoms with Crippen LogP contribution in [-0.2, 0) is 12.1 Å². The van der Waals surface area contributed by atoms with Gasteiger partial charge in [0.1, 0.15) is 5.75 Å². The largest absolute Gasteiger partial charge is 0.492 e. The molecule has 6 rings (SSSR count). The molecule has 10 nitrogen and oxygen atoms in total. The maximum Gasteiger partial charge on any atom is 0.212 e. The first-order chi connectivity index (χ1) is 18.1. The number of nitrogens with zero attached hydrogens (tertiary/aromatic N) is 6. The first-order valence-electron chi connectivity index (χ1n) is 12.5. The predicted molar refractivity (Wildman–Crippen MR) is 140 cm³/mol. The molecule has 5 aromatic heterocycles. The molecule has 5 aromatic rings. The lowest BCUT2D eigenvalue weighted by molar-refractivity contribution is 0.153. The minimum absolute atomic E-state index is 0.454. The molecule has 0 aromatic carbocycles. The van der Waals surface area contributed by atoms with E-state index in [0.717, 1.165) is 71.6 Å². The Morgan fingerprint density at radius 2 is 1.95 bits per heavy atom. The number of aromatic amines is 1. The topological polar surface area (TPSA) is 119 Å². The van der Waals surface area contributed by atoms with Crippen molar-refractivity contribution in [3.8, 4) is 22.8 Å². The molecular weight excluding hydrogens is 468 g/mol. The lowest BCUT2D eigenvalue weighted by atomic mass is 9.84. The normalized spacial score (nSPS) is 15.9. The number of nitrogens with one attached hydrogen (secondary N) is 1. The molecule has 1 fully saturated rings. The molecule has 37 heavy (non-hydrogen) atoms. The maximum atomic E-state index is 6.90. The van der Waals surface area contributed by atoms with Crippen molar-refractivity contribution in [2.75, 3.05) is 26.8 Å². The molecule has 6 heterocycles. The van der Waals surface area contributed by atoms with Crippen LogP contribution in [0.2, 0.25) is 0 Å². The van der Waals surface area contributed by atoms with Gasteiger partial charge in [0.25, 0.3) is 0 Å². The van der Waals surface area contributed by atoms with Crippen molar-refractivity contribution in [1.29, 1.82) is 0 Å². The van der Waals surface area contributed by atoms with Gasteiger partial charge in [0, 0.05) is 49.2 Å². The summed E-state index contributed by atoms with van der Waals surface area (Å²) in [4.78, 5) is 11.6. The number of pyridine rings is 3. The average molecular weight is 499 g/mol. The van der Waals surface area contributed by atoms with Crippen molar-refractivity contribution < 1.29 is 9.47 Å². The van der Waals surface area contributed by atoms with Gasteiger partial charge in [-0.25, -0.2) is 9.50 Å². The van der Waals surface area contributed by atoms with Crippen molar-refractivity contribution in [3.05, 3.63) is 66.4 Å². The number of H-pyrrole nitrogens is 1. The molecule has 3 N–H and O–H groups in total. The van der Waals surface area contributed by atoms with Gasteiger partial charge in [-0.3, -0.25) is 15.0 Å². The molecule has 0 atom stereocenters. The van der Waals surface area contributed by atoms with Crippen molar-refractivity contribution in [1.82, 2.24) is 34.7 Å². The molecular formula is C27H30N8O2. The number of methoxy groups -OCH3 is 1. The van der Waals surface area contributed by atoms with Crippen LogP contribution in [0.5, 0.6) is 11.6 Å². The Bertz CT molecular complexity index is 1520. The van der Waals surface area contributed by atoms with E-state index in [1.54, 1.807) is 13.3 Å². The van der Waals surface area contributed by atoms with E-state index in [1.807, 2.05) is 42.2 Å². The number of piperidine rings is 1. The van der Waals surface area contributed by atoms with Gasteiger partial charge >= 0.3 is 0 Å². The number of nitrogens with two attached hydrogens (primary N) is 1. The fourth-order valence-electron chi connectivity index (χ4n) is 5.10. The molecule has 1 saturated heterocycles. The Labute approximate surface area is 214 Å². The van der Waals surface area contributed by atoms with Gasteiger partial charge in [-0.05, 0) is 37.5 Å². The van der Waals surface area contributed by atoms with Gasteiger partial charge in [-0.2, -0.15) is 5.10 Å². The molecule has 0 bridgehead atoms. The first-order valence-corrected chi connectivity index (χ1v) is 12.5. The minimum Gasteiger partial charge on any atom is -0.492 e. The number of likely N-dealkylation sites (tertiary alicyclic amines) is 1.